The molecule has 0 unspecified atom stereocenters. The van der Waals surface area contributed by atoms with Gasteiger partial charge in [-0.15, -0.1) is 0 Å². The smallest absolute Gasteiger partial charge is 0.416 e. The quantitative estimate of drug-likeness (QED) is 0.655. The number of morpholine rings is 1. The van der Waals surface area contributed by atoms with Crippen LogP contribution >= 0.6 is 0 Å². The number of nitrogens with zero attached hydrogens (tertiary/aromatic N) is 1. The Hall–Kier alpha value is -2.89. The fourth-order valence-corrected chi connectivity index (χ4v) is 4.65. The normalized spacial score (nSPS) is 15.6. The average Bonchev–Trinajstić information content (AvgIpc) is 2.77. The van der Waals surface area contributed by atoms with Crippen molar-refractivity contribution in [1.29, 1.82) is 0 Å². The fourth-order valence-electron chi connectivity index (χ4n) is 3.05. The summed E-state index contributed by atoms with van der Waals surface area (Å²) < 4.78 is 76.1. The minimum Gasteiger partial charge on any atom is -0.495 e. The number of rotatable bonds is 6. The predicted molar refractivity (Wildman–Crippen MR) is 112 cm³/mol. The van der Waals surface area contributed by atoms with Crippen molar-refractivity contribution >= 4 is 27.7 Å². The molecule has 1 aliphatic rings. The Balaban J connectivity index is 1.79. The van der Waals surface area contributed by atoms with E-state index in [9.17, 15) is 26.4 Å². The van der Waals surface area contributed by atoms with Crippen LogP contribution in [-0.4, -0.2) is 52.0 Å². The number of benzene rings is 2. The number of alkyl halides is 3. The number of halogens is 3. The summed E-state index contributed by atoms with van der Waals surface area (Å²) in [4.78, 5) is 12.1. The van der Waals surface area contributed by atoms with E-state index in [1.807, 2.05) is 0 Å². The first-order valence-corrected chi connectivity index (χ1v) is 11.0. The number of nitrogens with one attached hydrogen (secondary N) is 1. The van der Waals surface area contributed by atoms with E-state index in [1.54, 1.807) is 6.07 Å². The van der Waals surface area contributed by atoms with E-state index in [0.717, 1.165) is 18.2 Å². The van der Waals surface area contributed by atoms with Crippen LogP contribution < -0.4 is 10.1 Å². The first-order chi connectivity index (χ1) is 15.1. The summed E-state index contributed by atoms with van der Waals surface area (Å²) in [5.74, 6) is -0.514. The van der Waals surface area contributed by atoms with Crippen molar-refractivity contribution < 1.29 is 35.9 Å². The number of anilines is 1. The van der Waals surface area contributed by atoms with Crippen LogP contribution in [0.4, 0.5) is 18.9 Å². The fraction of sp³-hybridized carbons (Fsp3) is 0.286. The lowest BCUT2D eigenvalue weighted by molar-refractivity contribution is -0.137. The van der Waals surface area contributed by atoms with E-state index >= 15 is 0 Å². The minimum atomic E-state index is -4.53. The third kappa shape index (κ3) is 5.67. The van der Waals surface area contributed by atoms with Crippen LogP contribution in [0.1, 0.15) is 11.1 Å². The van der Waals surface area contributed by atoms with Gasteiger partial charge in [-0.25, -0.2) is 8.42 Å². The molecule has 1 amide bonds. The number of amides is 1. The highest BCUT2D eigenvalue weighted by molar-refractivity contribution is 7.89. The van der Waals surface area contributed by atoms with Gasteiger partial charge in [0.05, 0.1) is 25.9 Å². The molecule has 2 aromatic rings. The highest BCUT2D eigenvalue weighted by Crippen LogP contribution is 2.31. The predicted octanol–water partition coefficient (Wildman–Crippen LogP) is 3.39. The van der Waals surface area contributed by atoms with E-state index in [-0.39, 0.29) is 42.6 Å². The zero-order chi connectivity index (χ0) is 23.4. The van der Waals surface area contributed by atoms with Crippen LogP contribution in [0.15, 0.2) is 53.4 Å². The summed E-state index contributed by atoms with van der Waals surface area (Å²) in [6.07, 6.45) is -2.06. The number of sulfonamides is 1. The van der Waals surface area contributed by atoms with Crippen LogP contribution in [0.25, 0.3) is 6.08 Å². The summed E-state index contributed by atoms with van der Waals surface area (Å²) in [5, 5.41) is 2.35. The SMILES string of the molecule is COc1ccc(/C=C\C(=O)Nc2cccc(C(F)(F)F)c2)cc1S(=O)(=O)N1CCOCC1. The van der Waals surface area contributed by atoms with E-state index < -0.39 is 27.7 Å². The Kier molecular flexibility index (Phi) is 7.22. The zero-order valence-electron chi connectivity index (χ0n) is 17.1. The van der Waals surface area contributed by atoms with Gasteiger partial charge in [0, 0.05) is 24.9 Å². The second-order valence-electron chi connectivity index (χ2n) is 6.83. The van der Waals surface area contributed by atoms with Crippen molar-refractivity contribution in [3.63, 3.8) is 0 Å². The maximum absolute atomic E-state index is 13.0. The number of hydrogen-bond donors (Lipinski definition) is 1. The van der Waals surface area contributed by atoms with Gasteiger partial charge >= 0.3 is 6.18 Å². The Bertz CT molecular complexity index is 1110. The molecule has 0 aliphatic carbocycles. The molecule has 0 bridgehead atoms. The van der Waals surface area contributed by atoms with Crippen LogP contribution in [0.3, 0.4) is 0 Å². The number of ether oxygens (including phenoxy) is 2. The van der Waals surface area contributed by atoms with Crippen molar-refractivity contribution in [2.75, 3.05) is 38.7 Å². The monoisotopic (exact) mass is 470 g/mol. The molecule has 0 saturated carbocycles. The standard InChI is InChI=1S/C21H21F3N2O5S/c1-30-18-7-5-15(13-19(18)32(28,29)26-9-11-31-12-10-26)6-8-20(27)25-17-4-2-3-16(14-17)21(22,23)24/h2-8,13-14H,9-12H2,1H3,(H,25,27)/b8-6-. The molecule has 1 N–H and O–H groups in total. The summed E-state index contributed by atoms with van der Waals surface area (Å²) >= 11 is 0. The molecule has 32 heavy (non-hydrogen) atoms. The van der Waals surface area contributed by atoms with Crippen LogP contribution in [0, 0.1) is 0 Å². The van der Waals surface area contributed by atoms with E-state index in [2.05, 4.69) is 5.32 Å². The van der Waals surface area contributed by atoms with Gasteiger partial charge in [-0.2, -0.15) is 17.5 Å². The van der Waals surface area contributed by atoms with Gasteiger partial charge in [0.1, 0.15) is 10.6 Å². The molecule has 0 spiro atoms. The van der Waals surface area contributed by atoms with Gasteiger partial charge in [0.25, 0.3) is 0 Å². The largest absolute Gasteiger partial charge is 0.495 e. The van der Waals surface area contributed by atoms with Crippen LogP contribution in [0.2, 0.25) is 0 Å². The molecule has 1 heterocycles. The summed E-state index contributed by atoms with van der Waals surface area (Å²) in [7, 11) is -2.49. The van der Waals surface area contributed by atoms with Crippen LogP contribution in [-0.2, 0) is 25.7 Å². The molecule has 0 atom stereocenters. The second-order valence-corrected chi connectivity index (χ2v) is 8.73. The van der Waals surface area contributed by atoms with Crippen molar-refractivity contribution in [3.8, 4) is 5.75 Å². The first kappa shape index (κ1) is 23.8. The van der Waals surface area contributed by atoms with Crippen molar-refractivity contribution in [1.82, 2.24) is 4.31 Å². The second kappa shape index (κ2) is 9.72. The number of hydrogen-bond acceptors (Lipinski definition) is 5. The lowest BCUT2D eigenvalue weighted by atomic mass is 10.2. The maximum atomic E-state index is 13.0. The zero-order valence-corrected chi connectivity index (χ0v) is 17.9. The van der Waals surface area contributed by atoms with Gasteiger partial charge in [-0.3, -0.25) is 4.79 Å². The third-order valence-electron chi connectivity index (χ3n) is 4.66. The summed E-state index contributed by atoms with van der Waals surface area (Å²) in [6, 6.07) is 8.65. The highest BCUT2D eigenvalue weighted by atomic mass is 32.2. The topological polar surface area (TPSA) is 84.9 Å². The molecule has 0 radical (unpaired) electrons. The average molecular weight is 470 g/mol. The molecule has 1 fully saturated rings. The molecule has 1 aliphatic heterocycles. The lowest BCUT2D eigenvalue weighted by Gasteiger charge is -2.26. The first-order valence-electron chi connectivity index (χ1n) is 9.53. The van der Waals surface area contributed by atoms with Crippen molar-refractivity contribution in [3.05, 3.63) is 59.7 Å². The molecule has 172 valence electrons. The van der Waals surface area contributed by atoms with E-state index in [1.165, 1.54) is 41.8 Å². The summed E-state index contributed by atoms with van der Waals surface area (Å²) in [6.45, 7) is 1.00. The molecular weight excluding hydrogens is 449 g/mol. The van der Waals surface area contributed by atoms with E-state index in [4.69, 9.17) is 9.47 Å². The van der Waals surface area contributed by atoms with Gasteiger partial charge in [-0.05, 0) is 42.0 Å². The van der Waals surface area contributed by atoms with Gasteiger partial charge < -0.3 is 14.8 Å². The minimum absolute atomic E-state index is 0.0141. The molecule has 2 aromatic carbocycles. The van der Waals surface area contributed by atoms with Crippen molar-refractivity contribution in [2.24, 2.45) is 0 Å². The molecule has 0 aromatic heterocycles. The Morgan fingerprint density at radius 1 is 1.16 bits per heavy atom. The molecule has 11 heteroatoms. The molecular formula is C21H21F3N2O5S. The number of carbonyl (C=O) groups is 1. The van der Waals surface area contributed by atoms with Crippen LogP contribution in [0.5, 0.6) is 5.75 Å². The Morgan fingerprint density at radius 2 is 1.88 bits per heavy atom. The van der Waals surface area contributed by atoms with E-state index in [0.29, 0.717) is 5.56 Å². The third-order valence-corrected chi connectivity index (χ3v) is 6.58. The van der Waals surface area contributed by atoms with Gasteiger partial charge in [0.15, 0.2) is 0 Å². The Labute approximate surface area is 183 Å². The van der Waals surface area contributed by atoms with Crippen molar-refractivity contribution in [2.45, 2.75) is 11.1 Å². The molecule has 3 rings (SSSR count). The van der Waals surface area contributed by atoms with Gasteiger partial charge in [-0.1, -0.05) is 12.1 Å². The summed E-state index contributed by atoms with van der Waals surface area (Å²) in [5.41, 5.74) is -0.496. The highest BCUT2D eigenvalue weighted by Gasteiger charge is 2.31. The Morgan fingerprint density at radius 3 is 2.53 bits per heavy atom. The number of carbonyl (C=O) groups excluding carboxylic acids is 1. The van der Waals surface area contributed by atoms with Gasteiger partial charge in [0.2, 0.25) is 15.9 Å². The molecule has 1 saturated heterocycles. The lowest BCUT2D eigenvalue weighted by Crippen LogP contribution is -2.40. The molecule has 7 nitrogen and oxygen atoms in total. The number of methoxy groups -OCH3 is 1. The maximum Gasteiger partial charge on any atom is 0.416 e.